The predicted molar refractivity (Wildman–Crippen MR) is 70.8 cm³/mol. The highest BCUT2D eigenvalue weighted by molar-refractivity contribution is 5.44. The van der Waals surface area contributed by atoms with E-state index in [4.69, 9.17) is 9.47 Å². The van der Waals surface area contributed by atoms with Gasteiger partial charge in [0, 0.05) is 11.6 Å². The van der Waals surface area contributed by atoms with Crippen LogP contribution in [0.5, 0.6) is 11.5 Å². The quantitative estimate of drug-likeness (QED) is 0.796. The molecule has 1 atom stereocenters. The Morgan fingerprint density at radius 1 is 1.24 bits per heavy atom. The standard InChI is InChI=1S/C14H21NO2/c1-10(2)8-13(15-3)12-7-6-11(16-4)9-14(12)17-5/h6-9,13,15H,1-5H3. The minimum Gasteiger partial charge on any atom is -0.497 e. The maximum absolute atomic E-state index is 5.40. The fourth-order valence-electron chi connectivity index (χ4n) is 1.74. The molecular formula is C14H21NO2. The number of ether oxygens (including phenoxy) is 2. The summed E-state index contributed by atoms with van der Waals surface area (Å²) < 4.78 is 10.6. The molecule has 1 unspecified atom stereocenters. The van der Waals surface area contributed by atoms with Crippen LogP contribution in [0.15, 0.2) is 29.8 Å². The third kappa shape index (κ3) is 3.49. The van der Waals surface area contributed by atoms with Gasteiger partial charge in [-0.3, -0.25) is 0 Å². The van der Waals surface area contributed by atoms with Gasteiger partial charge in [0.2, 0.25) is 0 Å². The molecule has 0 aliphatic carbocycles. The molecule has 3 nitrogen and oxygen atoms in total. The van der Waals surface area contributed by atoms with E-state index in [1.807, 2.05) is 25.2 Å². The van der Waals surface area contributed by atoms with Gasteiger partial charge in [-0.05, 0) is 33.0 Å². The molecule has 1 rings (SSSR count). The molecule has 0 amide bonds. The van der Waals surface area contributed by atoms with Crippen molar-refractivity contribution < 1.29 is 9.47 Å². The average Bonchev–Trinajstić information content (AvgIpc) is 2.35. The van der Waals surface area contributed by atoms with E-state index in [0.29, 0.717) is 0 Å². The Labute approximate surface area is 103 Å². The van der Waals surface area contributed by atoms with Crippen molar-refractivity contribution in [3.05, 3.63) is 35.4 Å². The molecule has 0 bridgehead atoms. The van der Waals surface area contributed by atoms with E-state index >= 15 is 0 Å². The molecule has 3 heteroatoms. The van der Waals surface area contributed by atoms with Crippen LogP contribution in [-0.4, -0.2) is 21.3 Å². The zero-order chi connectivity index (χ0) is 12.8. The van der Waals surface area contributed by atoms with Gasteiger partial charge < -0.3 is 14.8 Å². The Balaban J connectivity index is 3.14. The zero-order valence-corrected chi connectivity index (χ0v) is 11.2. The van der Waals surface area contributed by atoms with Crippen LogP contribution in [0.3, 0.4) is 0 Å². The monoisotopic (exact) mass is 235 g/mol. The second-order valence-electron chi connectivity index (χ2n) is 4.12. The minimum absolute atomic E-state index is 0.154. The van der Waals surface area contributed by atoms with E-state index < -0.39 is 0 Å². The summed E-state index contributed by atoms with van der Waals surface area (Å²) in [5.41, 5.74) is 2.37. The van der Waals surface area contributed by atoms with Crippen molar-refractivity contribution in [3.8, 4) is 11.5 Å². The molecule has 1 aromatic rings. The molecule has 0 spiro atoms. The zero-order valence-electron chi connectivity index (χ0n) is 11.2. The highest BCUT2D eigenvalue weighted by Gasteiger charge is 2.12. The van der Waals surface area contributed by atoms with E-state index in [9.17, 15) is 0 Å². The van der Waals surface area contributed by atoms with Gasteiger partial charge in [0.25, 0.3) is 0 Å². The summed E-state index contributed by atoms with van der Waals surface area (Å²) >= 11 is 0. The highest BCUT2D eigenvalue weighted by atomic mass is 16.5. The van der Waals surface area contributed by atoms with Gasteiger partial charge in [-0.15, -0.1) is 0 Å². The second kappa shape index (κ2) is 6.30. The molecule has 0 saturated carbocycles. The van der Waals surface area contributed by atoms with Gasteiger partial charge in [0.1, 0.15) is 11.5 Å². The van der Waals surface area contributed by atoms with Crippen molar-refractivity contribution >= 4 is 0 Å². The molecule has 1 N–H and O–H groups in total. The summed E-state index contributed by atoms with van der Waals surface area (Å²) in [7, 11) is 5.27. The van der Waals surface area contributed by atoms with Crippen LogP contribution in [0.4, 0.5) is 0 Å². The van der Waals surface area contributed by atoms with Crippen molar-refractivity contribution in [3.63, 3.8) is 0 Å². The van der Waals surface area contributed by atoms with Gasteiger partial charge in [-0.25, -0.2) is 0 Å². The van der Waals surface area contributed by atoms with Crippen LogP contribution in [0.25, 0.3) is 0 Å². The highest BCUT2D eigenvalue weighted by Crippen LogP contribution is 2.30. The number of nitrogens with one attached hydrogen (secondary N) is 1. The largest absolute Gasteiger partial charge is 0.497 e. The molecular weight excluding hydrogens is 214 g/mol. The van der Waals surface area contributed by atoms with Gasteiger partial charge in [0.05, 0.1) is 20.3 Å². The third-order valence-corrected chi connectivity index (χ3v) is 2.59. The summed E-state index contributed by atoms with van der Waals surface area (Å²) in [4.78, 5) is 0. The van der Waals surface area contributed by atoms with Crippen molar-refractivity contribution in [2.75, 3.05) is 21.3 Å². The molecule has 94 valence electrons. The molecule has 0 saturated heterocycles. The van der Waals surface area contributed by atoms with E-state index in [0.717, 1.165) is 17.1 Å². The summed E-state index contributed by atoms with van der Waals surface area (Å²) in [6.45, 7) is 4.17. The lowest BCUT2D eigenvalue weighted by Crippen LogP contribution is -2.15. The fourth-order valence-corrected chi connectivity index (χ4v) is 1.74. The third-order valence-electron chi connectivity index (χ3n) is 2.59. The summed E-state index contributed by atoms with van der Waals surface area (Å²) in [5, 5.41) is 3.26. The van der Waals surface area contributed by atoms with Crippen molar-refractivity contribution in [2.45, 2.75) is 19.9 Å². The molecule has 0 aromatic heterocycles. The van der Waals surface area contributed by atoms with Crippen LogP contribution in [0.2, 0.25) is 0 Å². The molecule has 0 aliphatic heterocycles. The molecule has 0 fully saturated rings. The summed E-state index contributed by atoms with van der Waals surface area (Å²) in [5.74, 6) is 1.64. The first-order valence-corrected chi connectivity index (χ1v) is 5.66. The van der Waals surface area contributed by atoms with E-state index in [1.54, 1.807) is 14.2 Å². The van der Waals surface area contributed by atoms with Gasteiger partial charge in [-0.2, -0.15) is 0 Å². The Hall–Kier alpha value is -1.48. The van der Waals surface area contributed by atoms with Gasteiger partial charge in [0.15, 0.2) is 0 Å². The lowest BCUT2D eigenvalue weighted by Gasteiger charge is -2.17. The fraction of sp³-hybridized carbons (Fsp3) is 0.429. The van der Waals surface area contributed by atoms with E-state index in [1.165, 1.54) is 5.57 Å². The molecule has 0 radical (unpaired) electrons. The Kier molecular flexibility index (Phi) is 5.04. The first-order valence-electron chi connectivity index (χ1n) is 5.66. The second-order valence-corrected chi connectivity index (χ2v) is 4.12. The van der Waals surface area contributed by atoms with Crippen LogP contribution in [0.1, 0.15) is 25.5 Å². The number of methoxy groups -OCH3 is 2. The van der Waals surface area contributed by atoms with E-state index in [2.05, 4.69) is 25.2 Å². The van der Waals surface area contributed by atoms with Crippen molar-refractivity contribution in [2.24, 2.45) is 0 Å². The Morgan fingerprint density at radius 2 is 1.94 bits per heavy atom. The smallest absolute Gasteiger partial charge is 0.127 e. The molecule has 0 aliphatic rings. The van der Waals surface area contributed by atoms with Gasteiger partial charge >= 0.3 is 0 Å². The minimum atomic E-state index is 0.154. The van der Waals surface area contributed by atoms with Gasteiger partial charge in [-0.1, -0.05) is 11.6 Å². The Bertz CT molecular complexity index is 395. The molecule has 0 heterocycles. The number of allylic oxidation sites excluding steroid dienone is 1. The van der Waals surface area contributed by atoms with E-state index in [-0.39, 0.29) is 6.04 Å². The topological polar surface area (TPSA) is 30.5 Å². The number of hydrogen-bond donors (Lipinski definition) is 1. The van der Waals surface area contributed by atoms with Crippen LogP contribution < -0.4 is 14.8 Å². The average molecular weight is 235 g/mol. The first-order chi connectivity index (χ1) is 8.12. The SMILES string of the molecule is CNC(C=C(C)C)c1ccc(OC)cc1OC. The lowest BCUT2D eigenvalue weighted by atomic mass is 10.0. The molecule has 17 heavy (non-hydrogen) atoms. The first kappa shape index (κ1) is 13.6. The maximum Gasteiger partial charge on any atom is 0.127 e. The number of benzene rings is 1. The van der Waals surface area contributed by atoms with Crippen molar-refractivity contribution in [1.82, 2.24) is 5.32 Å². The lowest BCUT2D eigenvalue weighted by molar-refractivity contribution is 0.388. The summed E-state index contributed by atoms with van der Waals surface area (Å²) in [6, 6.07) is 6.03. The molecule has 1 aromatic carbocycles. The number of hydrogen-bond acceptors (Lipinski definition) is 3. The maximum atomic E-state index is 5.40. The van der Waals surface area contributed by atoms with Crippen LogP contribution >= 0.6 is 0 Å². The summed E-state index contributed by atoms with van der Waals surface area (Å²) in [6.07, 6.45) is 2.17. The predicted octanol–water partition coefficient (Wildman–Crippen LogP) is 2.93. The Morgan fingerprint density at radius 3 is 2.41 bits per heavy atom. The number of rotatable bonds is 5. The van der Waals surface area contributed by atoms with Crippen LogP contribution in [-0.2, 0) is 0 Å². The van der Waals surface area contributed by atoms with Crippen LogP contribution in [0, 0.1) is 0 Å². The normalized spacial score (nSPS) is 11.8. The number of likely N-dealkylation sites (N-methyl/N-ethyl adjacent to an activating group) is 1. The van der Waals surface area contributed by atoms with Crippen molar-refractivity contribution in [1.29, 1.82) is 0 Å².